The van der Waals surface area contributed by atoms with Gasteiger partial charge in [-0.1, -0.05) is 30.3 Å². The van der Waals surface area contributed by atoms with Gasteiger partial charge >= 0.3 is 0 Å². The van der Waals surface area contributed by atoms with E-state index < -0.39 is 5.60 Å². The SMILES string of the molecule is CN1CCOC(C)(C(=O)N(C)Cc2ccccc2)C1. The van der Waals surface area contributed by atoms with Crippen LogP contribution in [0, 0.1) is 0 Å². The van der Waals surface area contributed by atoms with E-state index in [1.165, 1.54) is 0 Å². The molecule has 1 heterocycles. The van der Waals surface area contributed by atoms with E-state index in [9.17, 15) is 4.79 Å². The number of nitrogens with zero attached hydrogens (tertiary/aromatic N) is 2. The molecule has 1 aromatic rings. The Morgan fingerprint density at radius 3 is 2.74 bits per heavy atom. The van der Waals surface area contributed by atoms with Gasteiger partial charge < -0.3 is 14.5 Å². The fourth-order valence-electron chi connectivity index (χ4n) is 2.53. The van der Waals surface area contributed by atoms with Crippen LogP contribution >= 0.6 is 0 Å². The van der Waals surface area contributed by atoms with Gasteiger partial charge in [0.1, 0.15) is 0 Å². The summed E-state index contributed by atoms with van der Waals surface area (Å²) in [5.74, 6) is 0.0444. The minimum absolute atomic E-state index is 0.0444. The van der Waals surface area contributed by atoms with Crippen molar-refractivity contribution in [1.82, 2.24) is 9.80 Å². The maximum Gasteiger partial charge on any atom is 0.255 e. The van der Waals surface area contributed by atoms with Gasteiger partial charge in [0.05, 0.1) is 6.61 Å². The summed E-state index contributed by atoms with van der Waals surface area (Å²) in [7, 11) is 3.85. The van der Waals surface area contributed by atoms with E-state index in [2.05, 4.69) is 4.90 Å². The average Bonchev–Trinajstić information content (AvgIpc) is 2.38. The van der Waals surface area contributed by atoms with Crippen molar-refractivity contribution in [1.29, 1.82) is 0 Å². The van der Waals surface area contributed by atoms with Crippen molar-refractivity contribution in [2.75, 3.05) is 33.8 Å². The molecular weight excluding hydrogens is 240 g/mol. The molecule has 0 spiro atoms. The first kappa shape index (κ1) is 14.0. The molecule has 2 rings (SSSR count). The fraction of sp³-hybridized carbons (Fsp3) is 0.533. The smallest absolute Gasteiger partial charge is 0.255 e. The number of hydrogen-bond acceptors (Lipinski definition) is 3. The molecule has 1 aromatic carbocycles. The monoisotopic (exact) mass is 262 g/mol. The van der Waals surface area contributed by atoms with E-state index in [0.717, 1.165) is 12.1 Å². The van der Waals surface area contributed by atoms with Crippen molar-refractivity contribution >= 4 is 5.91 Å². The zero-order valence-electron chi connectivity index (χ0n) is 11.9. The largest absolute Gasteiger partial charge is 0.363 e. The lowest BCUT2D eigenvalue weighted by molar-refractivity contribution is -0.165. The van der Waals surface area contributed by atoms with Crippen molar-refractivity contribution < 1.29 is 9.53 Å². The molecule has 4 heteroatoms. The van der Waals surface area contributed by atoms with Crippen LogP contribution in [0.1, 0.15) is 12.5 Å². The van der Waals surface area contributed by atoms with Crippen LogP contribution in [0.3, 0.4) is 0 Å². The van der Waals surface area contributed by atoms with Gasteiger partial charge in [-0.15, -0.1) is 0 Å². The zero-order chi connectivity index (χ0) is 13.9. The molecule has 0 bridgehead atoms. The number of carbonyl (C=O) groups is 1. The van der Waals surface area contributed by atoms with Gasteiger partial charge in [0.25, 0.3) is 5.91 Å². The topological polar surface area (TPSA) is 32.8 Å². The van der Waals surface area contributed by atoms with E-state index in [4.69, 9.17) is 4.74 Å². The van der Waals surface area contributed by atoms with Crippen LogP contribution in [0.4, 0.5) is 0 Å². The quantitative estimate of drug-likeness (QED) is 0.824. The van der Waals surface area contributed by atoms with Gasteiger partial charge in [-0.05, 0) is 19.5 Å². The molecule has 1 amide bonds. The summed E-state index contributed by atoms with van der Waals surface area (Å²) in [4.78, 5) is 16.4. The van der Waals surface area contributed by atoms with Gasteiger partial charge in [0.2, 0.25) is 0 Å². The molecule has 0 N–H and O–H groups in total. The second-order valence-electron chi connectivity index (χ2n) is 5.46. The van der Waals surface area contributed by atoms with Gasteiger partial charge in [-0.2, -0.15) is 0 Å². The summed E-state index contributed by atoms with van der Waals surface area (Å²) in [6.07, 6.45) is 0. The second kappa shape index (κ2) is 5.72. The fourth-order valence-corrected chi connectivity index (χ4v) is 2.53. The van der Waals surface area contributed by atoms with Crippen LogP contribution in [0.25, 0.3) is 0 Å². The van der Waals surface area contributed by atoms with Crippen molar-refractivity contribution in [3.63, 3.8) is 0 Å². The molecule has 19 heavy (non-hydrogen) atoms. The highest BCUT2D eigenvalue weighted by Gasteiger charge is 2.39. The maximum atomic E-state index is 12.5. The highest BCUT2D eigenvalue weighted by Crippen LogP contribution is 2.20. The van der Waals surface area contributed by atoms with Gasteiger partial charge in [-0.25, -0.2) is 0 Å². The first-order valence-corrected chi connectivity index (χ1v) is 6.63. The van der Waals surface area contributed by atoms with Gasteiger partial charge in [-0.3, -0.25) is 4.79 Å². The Hall–Kier alpha value is -1.39. The van der Waals surface area contributed by atoms with Crippen LogP contribution in [-0.4, -0.2) is 55.1 Å². The molecule has 4 nitrogen and oxygen atoms in total. The van der Waals surface area contributed by atoms with Crippen LogP contribution in [0.2, 0.25) is 0 Å². The number of morpholine rings is 1. The van der Waals surface area contributed by atoms with Crippen molar-refractivity contribution in [2.24, 2.45) is 0 Å². The maximum absolute atomic E-state index is 12.5. The lowest BCUT2D eigenvalue weighted by Gasteiger charge is -2.39. The molecule has 1 unspecified atom stereocenters. The number of likely N-dealkylation sites (N-methyl/N-ethyl adjacent to an activating group) is 2. The number of rotatable bonds is 3. The number of ether oxygens (including phenoxy) is 1. The van der Waals surface area contributed by atoms with Gasteiger partial charge in [0.15, 0.2) is 5.60 Å². The van der Waals surface area contributed by atoms with Crippen LogP contribution < -0.4 is 0 Å². The van der Waals surface area contributed by atoms with Crippen molar-refractivity contribution in [3.8, 4) is 0 Å². The molecule has 1 atom stereocenters. The van der Waals surface area contributed by atoms with E-state index in [1.54, 1.807) is 4.90 Å². The highest BCUT2D eigenvalue weighted by atomic mass is 16.5. The van der Waals surface area contributed by atoms with Crippen LogP contribution in [0.15, 0.2) is 30.3 Å². The first-order valence-electron chi connectivity index (χ1n) is 6.63. The number of hydrogen-bond donors (Lipinski definition) is 0. The summed E-state index contributed by atoms with van der Waals surface area (Å²) in [5.41, 5.74) is 0.405. The lowest BCUT2D eigenvalue weighted by Crippen LogP contribution is -2.57. The zero-order valence-corrected chi connectivity index (χ0v) is 11.9. The molecule has 104 valence electrons. The van der Waals surface area contributed by atoms with Crippen molar-refractivity contribution in [3.05, 3.63) is 35.9 Å². The van der Waals surface area contributed by atoms with Crippen molar-refractivity contribution in [2.45, 2.75) is 19.1 Å². The molecule has 1 fully saturated rings. The predicted octanol–water partition coefficient (Wildman–Crippen LogP) is 1.37. The first-order chi connectivity index (χ1) is 9.01. The van der Waals surface area contributed by atoms with Crippen LogP contribution in [0.5, 0.6) is 0 Å². The molecule has 1 saturated heterocycles. The van der Waals surface area contributed by atoms with E-state index in [0.29, 0.717) is 19.7 Å². The third-order valence-electron chi connectivity index (χ3n) is 3.53. The second-order valence-corrected chi connectivity index (χ2v) is 5.46. The third-order valence-corrected chi connectivity index (χ3v) is 3.53. The van der Waals surface area contributed by atoms with E-state index in [-0.39, 0.29) is 5.91 Å². The Bertz CT molecular complexity index is 435. The summed E-state index contributed by atoms with van der Waals surface area (Å²) >= 11 is 0. The molecule has 0 aliphatic carbocycles. The summed E-state index contributed by atoms with van der Waals surface area (Å²) in [5, 5.41) is 0. The normalized spacial score (nSPS) is 24.2. The number of benzene rings is 1. The predicted molar refractivity (Wildman–Crippen MR) is 74.8 cm³/mol. The molecule has 0 saturated carbocycles. The molecule has 0 radical (unpaired) electrons. The summed E-state index contributed by atoms with van der Waals surface area (Å²) < 4.78 is 5.72. The number of carbonyl (C=O) groups excluding carboxylic acids is 1. The Morgan fingerprint density at radius 2 is 2.11 bits per heavy atom. The van der Waals surface area contributed by atoms with Gasteiger partial charge in [0, 0.05) is 26.7 Å². The molecule has 0 aromatic heterocycles. The molecule has 1 aliphatic rings. The minimum Gasteiger partial charge on any atom is -0.363 e. The van der Waals surface area contributed by atoms with Crippen LogP contribution in [-0.2, 0) is 16.1 Å². The molecule has 1 aliphatic heterocycles. The lowest BCUT2D eigenvalue weighted by atomic mass is 10.0. The molecular formula is C15H22N2O2. The Balaban J connectivity index is 2.02. The minimum atomic E-state index is -0.726. The summed E-state index contributed by atoms with van der Waals surface area (Å²) in [6.45, 7) is 4.63. The average molecular weight is 262 g/mol. The van der Waals surface area contributed by atoms with E-state index in [1.807, 2.05) is 51.4 Å². The Morgan fingerprint density at radius 1 is 1.42 bits per heavy atom. The summed E-state index contributed by atoms with van der Waals surface area (Å²) in [6, 6.07) is 10.0. The number of amides is 1. The third kappa shape index (κ3) is 3.33. The Labute approximate surface area is 115 Å². The standard InChI is InChI=1S/C15H22N2O2/c1-15(12-16(2)9-10-19-15)14(18)17(3)11-13-7-5-4-6-8-13/h4-8H,9-12H2,1-3H3. The Kier molecular flexibility index (Phi) is 4.22. The van der Waals surface area contributed by atoms with E-state index >= 15 is 0 Å². The highest BCUT2D eigenvalue weighted by molar-refractivity contribution is 5.85.